The number of methoxy groups -OCH3 is 2. The van der Waals surface area contributed by atoms with E-state index in [0.717, 1.165) is 10.8 Å². The second-order valence-corrected chi connectivity index (χ2v) is 8.54. The van der Waals surface area contributed by atoms with Gasteiger partial charge < -0.3 is 9.47 Å². The maximum Gasteiger partial charge on any atom is 0.294 e. The number of nitrogens with zero attached hydrogens (tertiary/aromatic N) is 1. The van der Waals surface area contributed by atoms with Crippen LogP contribution in [0.1, 0.15) is 11.1 Å². The van der Waals surface area contributed by atoms with Crippen molar-refractivity contribution >= 4 is 37.4 Å². The number of fused-ring (bicyclic) bond motifs is 2. The maximum absolute atomic E-state index is 12.2. The van der Waals surface area contributed by atoms with Crippen molar-refractivity contribution in [2.75, 3.05) is 14.2 Å². The fourth-order valence-corrected chi connectivity index (χ4v) is 4.75. The van der Waals surface area contributed by atoms with Gasteiger partial charge in [0.15, 0.2) is 0 Å². The zero-order chi connectivity index (χ0) is 23.0. The molecule has 0 radical (unpaired) electrons. The van der Waals surface area contributed by atoms with Gasteiger partial charge >= 0.3 is 0 Å². The summed E-state index contributed by atoms with van der Waals surface area (Å²) in [6.07, 6.45) is 0.0856. The lowest BCUT2D eigenvalue weighted by molar-refractivity contribution is -0.384. The molecule has 9 heteroatoms. The smallest absolute Gasteiger partial charge is 0.294 e. The molecule has 0 unspecified atom stereocenters. The Morgan fingerprint density at radius 2 is 1.47 bits per heavy atom. The van der Waals surface area contributed by atoms with E-state index in [2.05, 4.69) is 0 Å². The number of non-ortho nitro benzene ring substituents is 1. The van der Waals surface area contributed by atoms with Crippen LogP contribution in [0.25, 0.3) is 21.5 Å². The number of nitro groups is 1. The van der Waals surface area contributed by atoms with Gasteiger partial charge in [0.2, 0.25) is 0 Å². The Kier molecular flexibility index (Phi) is 5.45. The molecule has 32 heavy (non-hydrogen) atoms. The maximum atomic E-state index is 12.2. The molecule has 164 valence electrons. The molecule has 0 amide bonds. The highest BCUT2D eigenvalue weighted by Gasteiger charge is 2.24. The van der Waals surface area contributed by atoms with Gasteiger partial charge in [-0.15, -0.1) is 0 Å². The molecule has 0 aliphatic rings. The van der Waals surface area contributed by atoms with Crippen molar-refractivity contribution in [3.8, 4) is 11.5 Å². The minimum atomic E-state index is -4.57. The van der Waals surface area contributed by atoms with Gasteiger partial charge in [0.05, 0.1) is 24.0 Å². The van der Waals surface area contributed by atoms with Crippen molar-refractivity contribution in [3.05, 3.63) is 81.9 Å². The first-order valence-electron chi connectivity index (χ1n) is 9.55. The van der Waals surface area contributed by atoms with Crippen molar-refractivity contribution in [2.24, 2.45) is 0 Å². The highest BCUT2D eigenvalue weighted by atomic mass is 32.2. The summed E-state index contributed by atoms with van der Waals surface area (Å²) in [5, 5.41) is 13.6. The normalized spacial score (nSPS) is 11.6. The van der Waals surface area contributed by atoms with Gasteiger partial charge in [0, 0.05) is 33.7 Å². The molecule has 0 aliphatic carbocycles. The van der Waals surface area contributed by atoms with Crippen molar-refractivity contribution in [3.63, 3.8) is 0 Å². The SMILES string of the molecule is COc1c2ccccc2c(OC)c2c(Cc3ccc([N+](=O)[O-])cc3)c(S(=O)(=O)O)ccc12. The predicted molar refractivity (Wildman–Crippen MR) is 120 cm³/mol. The molecule has 4 rings (SSSR count). The Balaban J connectivity index is 2.10. The molecule has 4 aromatic carbocycles. The average molecular weight is 453 g/mol. The van der Waals surface area contributed by atoms with Crippen molar-refractivity contribution in [2.45, 2.75) is 11.3 Å². The molecule has 1 N–H and O–H groups in total. The Morgan fingerprint density at radius 1 is 0.875 bits per heavy atom. The zero-order valence-corrected chi connectivity index (χ0v) is 18.0. The van der Waals surface area contributed by atoms with Crippen LogP contribution in [0.4, 0.5) is 5.69 Å². The first-order valence-corrected chi connectivity index (χ1v) is 11.0. The molecular formula is C23H19NO7S. The van der Waals surface area contributed by atoms with Crippen LogP contribution in [0, 0.1) is 10.1 Å². The van der Waals surface area contributed by atoms with E-state index in [-0.39, 0.29) is 17.0 Å². The van der Waals surface area contributed by atoms with Crippen molar-refractivity contribution in [1.82, 2.24) is 0 Å². The molecule has 0 bridgehead atoms. The molecular weight excluding hydrogens is 434 g/mol. The fourth-order valence-electron chi connectivity index (χ4n) is 4.02. The van der Waals surface area contributed by atoms with Crippen LogP contribution in [0.3, 0.4) is 0 Å². The van der Waals surface area contributed by atoms with Gasteiger partial charge in [-0.25, -0.2) is 0 Å². The van der Waals surface area contributed by atoms with Gasteiger partial charge in [0.1, 0.15) is 11.5 Å². The van der Waals surface area contributed by atoms with E-state index in [1.165, 1.54) is 32.4 Å². The summed E-state index contributed by atoms with van der Waals surface area (Å²) in [6, 6.07) is 16.1. The second kappa shape index (κ2) is 8.10. The molecule has 0 aliphatic heterocycles. The number of hydrogen-bond donors (Lipinski definition) is 1. The van der Waals surface area contributed by atoms with E-state index in [9.17, 15) is 23.1 Å². The lowest BCUT2D eigenvalue weighted by atomic mass is 9.93. The third kappa shape index (κ3) is 3.61. The number of benzene rings is 4. The van der Waals surface area contributed by atoms with Gasteiger partial charge in [-0.05, 0) is 29.7 Å². The quantitative estimate of drug-likeness (QED) is 0.194. The van der Waals surface area contributed by atoms with Crippen LogP contribution in [0.2, 0.25) is 0 Å². The lowest BCUT2D eigenvalue weighted by Crippen LogP contribution is -2.06. The van der Waals surface area contributed by atoms with Gasteiger partial charge in [-0.1, -0.05) is 36.4 Å². The summed E-state index contributed by atoms with van der Waals surface area (Å²) in [7, 11) is -1.55. The molecule has 0 fully saturated rings. The highest BCUT2D eigenvalue weighted by Crippen LogP contribution is 2.45. The summed E-state index contributed by atoms with van der Waals surface area (Å²) in [6.45, 7) is 0. The molecule has 4 aromatic rings. The molecule has 0 saturated carbocycles. The lowest BCUT2D eigenvalue weighted by Gasteiger charge is -2.19. The van der Waals surface area contributed by atoms with Crippen LogP contribution in [0.5, 0.6) is 11.5 Å². The van der Waals surface area contributed by atoms with E-state index in [1.54, 1.807) is 18.2 Å². The number of ether oxygens (including phenoxy) is 2. The first kappa shape index (κ1) is 21.5. The minimum Gasteiger partial charge on any atom is -0.495 e. The second-order valence-electron chi connectivity index (χ2n) is 7.15. The van der Waals surface area contributed by atoms with Crippen LogP contribution >= 0.6 is 0 Å². The Hall–Kier alpha value is -3.69. The van der Waals surface area contributed by atoms with E-state index in [1.807, 2.05) is 24.3 Å². The van der Waals surface area contributed by atoms with Crippen LogP contribution in [0.15, 0.2) is 65.6 Å². The standard InChI is InChI=1S/C23H19NO7S/c1-30-22-16-5-3-4-6-17(16)23(31-2)21-18(22)11-12-20(32(27,28)29)19(21)13-14-7-9-15(10-8-14)24(25)26/h3-12H,13H2,1-2H3,(H,27,28,29). The van der Waals surface area contributed by atoms with Crippen LogP contribution < -0.4 is 9.47 Å². The molecule has 0 heterocycles. The predicted octanol–water partition coefficient (Wildman–Crippen LogP) is 4.76. The van der Waals surface area contributed by atoms with Gasteiger partial charge in [0.25, 0.3) is 15.8 Å². The molecule has 0 saturated heterocycles. The zero-order valence-electron chi connectivity index (χ0n) is 17.2. The summed E-state index contributed by atoms with van der Waals surface area (Å²) >= 11 is 0. The van der Waals surface area contributed by atoms with E-state index >= 15 is 0 Å². The fraction of sp³-hybridized carbons (Fsp3) is 0.130. The molecule has 8 nitrogen and oxygen atoms in total. The third-order valence-electron chi connectivity index (χ3n) is 5.37. The largest absolute Gasteiger partial charge is 0.495 e. The Labute approximate surface area is 183 Å². The number of nitro benzene ring substituents is 1. The van der Waals surface area contributed by atoms with Crippen molar-refractivity contribution < 1.29 is 27.4 Å². The average Bonchev–Trinajstić information content (AvgIpc) is 2.77. The molecule has 0 aromatic heterocycles. The minimum absolute atomic E-state index is 0.0769. The Bertz CT molecular complexity index is 1460. The third-order valence-corrected chi connectivity index (χ3v) is 6.31. The monoisotopic (exact) mass is 453 g/mol. The Morgan fingerprint density at radius 3 is 2.00 bits per heavy atom. The summed E-state index contributed by atoms with van der Waals surface area (Å²) in [5.41, 5.74) is 0.855. The topological polar surface area (TPSA) is 116 Å². The van der Waals surface area contributed by atoms with E-state index in [0.29, 0.717) is 33.4 Å². The van der Waals surface area contributed by atoms with Gasteiger partial charge in [-0.3, -0.25) is 14.7 Å². The number of hydrogen-bond acceptors (Lipinski definition) is 6. The van der Waals surface area contributed by atoms with Gasteiger partial charge in [-0.2, -0.15) is 8.42 Å². The summed E-state index contributed by atoms with van der Waals surface area (Å²) in [5.74, 6) is 0.988. The highest BCUT2D eigenvalue weighted by molar-refractivity contribution is 7.85. The van der Waals surface area contributed by atoms with Crippen molar-refractivity contribution in [1.29, 1.82) is 0 Å². The number of rotatable bonds is 6. The van der Waals surface area contributed by atoms with E-state index in [4.69, 9.17) is 9.47 Å². The van der Waals surface area contributed by atoms with E-state index < -0.39 is 15.0 Å². The van der Waals surface area contributed by atoms with Crippen LogP contribution in [-0.2, 0) is 16.5 Å². The first-order chi connectivity index (χ1) is 15.3. The van der Waals surface area contributed by atoms with Crippen LogP contribution in [-0.4, -0.2) is 32.1 Å². The molecule has 0 atom stereocenters. The summed E-state index contributed by atoms with van der Waals surface area (Å²) in [4.78, 5) is 10.2. The summed E-state index contributed by atoms with van der Waals surface area (Å²) < 4.78 is 45.8. The molecule has 0 spiro atoms.